The Hall–Kier alpha value is -3.88. The molecule has 14 heteroatoms. The van der Waals surface area contributed by atoms with Gasteiger partial charge < -0.3 is 25.8 Å². The third-order valence-corrected chi connectivity index (χ3v) is 5.60. The van der Waals surface area contributed by atoms with Crippen LogP contribution in [0.1, 0.15) is 28.8 Å². The molecule has 38 heavy (non-hydrogen) atoms. The summed E-state index contributed by atoms with van der Waals surface area (Å²) >= 11 is 0. The second kappa shape index (κ2) is 13.1. The maximum Gasteiger partial charge on any atom is 0.490 e. The molecule has 0 aliphatic carbocycles. The van der Waals surface area contributed by atoms with E-state index in [4.69, 9.17) is 9.90 Å². The van der Waals surface area contributed by atoms with Gasteiger partial charge in [0.05, 0.1) is 18.0 Å². The van der Waals surface area contributed by atoms with Crippen LogP contribution in [0.4, 0.5) is 18.9 Å². The Kier molecular flexibility index (Phi) is 10.4. The van der Waals surface area contributed by atoms with Gasteiger partial charge in [0.25, 0.3) is 0 Å². The number of benzene rings is 2. The summed E-state index contributed by atoms with van der Waals surface area (Å²) in [5.41, 5.74) is 2.44. The number of aromatic hydroxyl groups is 1. The summed E-state index contributed by atoms with van der Waals surface area (Å²) < 4.78 is 57.6. The molecule has 3 aromatic rings. The van der Waals surface area contributed by atoms with E-state index in [0.29, 0.717) is 16.7 Å². The van der Waals surface area contributed by atoms with Crippen molar-refractivity contribution in [3.05, 3.63) is 95.0 Å². The zero-order valence-electron chi connectivity index (χ0n) is 20.0. The van der Waals surface area contributed by atoms with Crippen LogP contribution in [-0.4, -0.2) is 48.7 Å². The topological polar surface area (TPSA) is 163 Å². The maximum atomic E-state index is 11.5. The van der Waals surface area contributed by atoms with Crippen LogP contribution in [0.5, 0.6) is 5.75 Å². The number of hydrogen-bond acceptors (Lipinski definition) is 7. The number of nitrogens with zero attached hydrogens (tertiary/aromatic N) is 1. The number of carboxylic acid groups (broad SMARTS) is 1. The van der Waals surface area contributed by atoms with Crippen molar-refractivity contribution in [2.24, 2.45) is 0 Å². The highest BCUT2D eigenvalue weighted by Crippen LogP contribution is 2.28. The number of halogens is 3. The maximum absolute atomic E-state index is 11.5. The number of nitrogens with one attached hydrogen (secondary N) is 2. The molecule has 1 unspecified atom stereocenters. The fourth-order valence-electron chi connectivity index (χ4n) is 3.23. The molecule has 0 radical (unpaired) electrons. The molecule has 2 aromatic carbocycles. The average Bonchev–Trinajstić information content (AvgIpc) is 2.83. The average molecular weight is 558 g/mol. The van der Waals surface area contributed by atoms with Gasteiger partial charge in [0.15, 0.2) is 12.4 Å². The lowest BCUT2D eigenvalue weighted by molar-refractivity contribution is -0.605. The molecular formula is C24H26F3N3O7S. The quantitative estimate of drug-likeness (QED) is 0.152. The molecule has 0 spiro atoms. The fraction of sp³-hybridized carbons (Fsp3) is 0.250. The largest absolute Gasteiger partial charge is 0.619 e. The van der Waals surface area contributed by atoms with Gasteiger partial charge in [-0.25, -0.2) is 13.2 Å². The SMILES string of the molecule is CS(=O)(=O)Nc1cc([C@@H](O)CNC(Cc2ccccc2)c2cc[n+]([O-])cc2)ccc1O.O=C(O)C(F)(F)F. The predicted octanol–water partition coefficient (Wildman–Crippen LogP) is 2.64. The van der Waals surface area contributed by atoms with E-state index in [1.54, 1.807) is 12.1 Å². The molecule has 3 rings (SSSR count). The van der Waals surface area contributed by atoms with Gasteiger partial charge in [-0.3, -0.25) is 4.72 Å². The number of sulfonamides is 1. The fourth-order valence-corrected chi connectivity index (χ4v) is 3.79. The van der Waals surface area contributed by atoms with Gasteiger partial charge in [-0.2, -0.15) is 17.9 Å². The first-order valence-electron chi connectivity index (χ1n) is 10.9. The van der Waals surface area contributed by atoms with Crippen molar-refractivity contribution >= 4 is 21.7 Å². The standard InChI is InChI=1S/C22H25N3O5S.C2HF3O2/c1-31(29,30)24-20-14-18(7-8-21(20)26)22(27)15-23-19(13-16-5-3-2-4-6-16)17-9-11-25(28)12-10-17;3-2(4,5)1(6)7/h2-12,14,19,22-24,26-27H,13,15H2,1H3;(H,6,7)/t19?,22-;/m0./s1. The van der Waals surface area contributed by atoms with Crippen molar-refractivity contribution in [2.75, 3.05) is 17.5 Å². The number of phenolic OH excluding ortho intramolecular Hbond substituents is 1. The lowest BCUT2D eigenvalue weighted by Crippen LogP contribution is -2.30. The highest BCUT2D eigenvalue weighted by molar-refractivity contribution is 7.92. The summed E-state index contributed by atoms with van der Waals surface area (Å²) in [6.45, 7) is 0.173. The molecule has 0 saturated heterocycles. The number of aromatic nitrogens is 1. The van der Waals surface area contributed by atoms with Crippen LogP contribution in [0, 0.1) is 5.21 Å². The molecule has 0 bridgehead atoms. The summed E-state index contributed by atoms with van der Waals surface area (Å²) in [4.78, 5) is 8.90. The van der Waals surface area contributed by atoms with Crippen LogP contribution < -0.4 is 14.8 Å². The van der Waals surface area contributed by atoms with Gasteiger partial charge in [-0.1, -0.05) is 36.4 Å². The van der Waals surface area contributed by atoms with Crippen LogP contribution in [0.25, 0.3) is 0 Å². The van der Waals surface area contributed by atoms with Gasteiger partial charge in [0.1, 0.15) is 5.75 Å². The summed E-state index contributed by atoms with van der Waals surface area (Å²) in [5, 5.41) is 42.4. The third-order valence-electron chi connectivity index (χ3n) is 5.01. The highest BCUT2D eigenvalue weighted by Gasteiger charge is 2.38. The molecular weight excluding hydrogens is 531 g/mol. The number of carboxylic acids is 1. The molecule has 5 N–H and O–H groups in total. The zero-order valence-corrected chi connectivity index (χ0v) is 20.8. The summed E-state index contributed by atoms with van der Waals surface area (Å²) in [6.07, 6.45) is -1.56. The molecule has 0 amide bonds. The number of aliphatic hydroxyl groups is 1. The van der Waals surface area contributed by atoms with Gasteiger partial charge in [0, 0.05) is 24.7 Å². The number of carbonyl (C=O) groups is 1. The summed E-state index contributed by atoms with van der Waals surface area (Å²) in [6, 6.07) is 17.4. The van der Waals surface area contributed by atoms with Crippen LogP contribution in [0.3, 0.4) is 0 Å². The molecule has 0 aliphatic rings. The Balaban J connectivity index is 0.000000638. The number of alkyl halides is 3. The smallest absolute Gasteiger partial charge is 0.490 e. The molecule has 1 heterocycles. The number of hydrogen-bond donors (Lipinski definition) is 5. The van der Waals surface area contributed by atoms with E-state index in [2.05, 4.69) is 10.0 Å². The number of rotatable bonds is 9. The van der Waals surface area contributed by atoms with E-state index in [1.807, 2.05) is 30.3 Å². The zero-order chi connectivity index (χ0) is 28.5. The van der Waals surface area contributed by atoms with Gasteiger partial charge >= 0.3 is 12.1 Å². The van der Waals surface area contributed by atoms with Gasteiger partial charge in [-0.15, -0.1) is 0 Å². The normalized spacial score (nSPS) is 13.1. The number of phenols is 1. The summed E-state index contributed by atoms with van der Waals surface area (Å²) in [7, 11) is -3.58. The van der Waals surface area contributed by atoms with Gasteiger partial charge in [0.2, 0.25) is 10.0 Å². The monoisotopic (exact) mass is 557 g/mol. The molecule has 1 aromatic heterocycles. The van der Waals surface area contributed by atoms with Crippen molar-refractivity contribution in [1.29, 1.82) is 0 Å². The minimum atomic E-state index is -5.08. The van der Waals surface area contributed by atoms with Gasteiger partial charge in [-0.05, 0) is 35.2 Å². The molecule has 2 atom stereocenters. The summed E-state index contributed by atoms with van der Waals surface area (Å²) in [5.74, 6) is -2.99. The molecule has 10 nitrogen and oxygen atoms in total. The molecule has 0 aliphatic heterocycles. The van der Waals surface area contributed by atoms with E-state index >= 15 is 0 Å². The highest BCUT2D eigenvalue weighted by atomic mass is 32.2. The Morgan fingerprint density at radius 2 is 1.63 bits per heavy atom. The van der Waals surface area contributed by atoms with Crippen molar-refractivity contribution < 1.29 is 46.4 Å². The van der Waals surface area contributed by atoms with Crippen LogP contribution in [0.2, 0.25) is 0 Å². The van der Waals surface area contributed by atoms with Crippen LogP contribution >= 0.6 is 0 Å². The first kappa shape index (κ1) is 30.3. The Labute approximate surface area is 216 Å². The third kappa shape index (κ3) is 10.2. The van der Waals surface area contributed by atoms with E-state index in [9.17, 15) is 37.0 Å². The van der Waals surface area contributed by atoms with E-state index in [-0.39, 0.29) is 24.0 Å². The Bertz CT molecular complexity index is 1310. The Morgan fingerprint density at radius 3 is 2.16 bits per heavy atom. The van der Waals surface area contributed by atoms with Crippen molar-refractivity contribution in [3.8, 4) is 5.75 Å². The lowest BCUT2D eigenvalue weighted by Gasteiger charge is -2.22. The number of aliphatic hydroxyl groups excluding tert-OH is 1. The van der Waals surface area contributed by atoms with E-state index in [0.717, 1.165) is 17.4 Å². The number of anilines is 1. The first-order valence-corrected chi connectivity index (χ1v) is 12.8. The van der Waals surface area contributed by atoms with Crippen molar-refractivity contribution in [2.45, 2.75) is 24.7 Å². The minimum absolute atomic E-state index is 0.00273. The minimum Gasteiger partial charge on any atom is -0.619 e. The number of pyridine rings is 1. The predicted molar refractivity (Wildman–Crippen MR) is 132 cm³/mol. The van der Waals surface area contributed by atoms with Crippen molar-refractivity contribution in [3.63, 3.8) is 0 Å². The first-order chi connectivity index (χ1) is 17.7. The van der Waals surface area contributed by atoms with Crippen molar-refractivity contribution in [1.82, 2.24) is 5.32 Å². The molecule has 0 fully saturated rings. The van der Waals surface area contributed by atoms with E-state index in [1.165, 1.54) is 30.6 Å². The molecule has 206 valence electrons. The van der Waals surface area contributed by atoms with E-state index < -0.39 is 28.3 Å². The van der Waals surface area contributed by atoms with Crippen LogP contribution in [0.15, 0.2) is 73.1 Å². The van der Waals surface area contributed by atoms with Crippen LogP contribution in [-0.2, 0) is 21.2 Å². The second-order valence-corrected chi connectivity index (χ2v) is 9.86. The Morgan fingerprint density at radius 1 is 1.05 bits per heavy atom. The second-order valence-electron chi connectivity index (χ2n) is 8.11. The molecule has 0 saturated carbocycles. The number of aliphatic carboxylic acids is 1. The lowest BCUT2D eigenvalue weighted by atomic mass is 9.99.